The average molecular weight is 526 g/mol. The molecule has 10 heteroatoms. The number of halogens is 1. The summed E-state index contributed by atoms with van der Waals surface area (Å²) < 4.78 is 15.5. The lowest BCUT2D eigenvalue weighted by atomic mass is 10.1. The Balaban J connectivity index is 1.29. The van der Waals surface area contributed by atoms with Crippen molar-refractivity contribution in [1.29, 1.82) is 0 Å². The number of hydrogen-bond acceptors (Lipinski definition) is 7. The van der Waals surface area contributed by atoms with Gasteiger partial charge in [0.1, 0.15) is 15.6 Å². The van der Waals surface area contributed by atoms with E-state index in [1.165, 1.54) is 17.8 Å². The summed E-state index contributed by atoms with van der Waals surface area (Å²) in [5.74, 6) is 0.768. The number of aliphatic imine (C=N–C) groups is 1. The number of benzene rings is 1. The molecule has 2 atom stereocenters. The zero-order valence-electron chi connectivity index (χ0n) is 20.7. The number of aromatic nitrogens is 4. The molecule has 1 amide bonds. The molecule has 5 heterocycles. The quantitative estimate of drug-likeness (QED) is 0.346. The van der Waals surface area contributed by atoms with Gasteiger partial charge in [0, 0.05) is 18.8 Å². The first-order chi connectivity index (χ1) is 18.6. The third kappa shape index (κ3) is 3.78. The number of carbonyl (C=O) groups excluding carboxylic acids is 1. The molecule has 3 aromatic heterocycles. The number of amides is 1. The minimum absolute atomic E-state index is 0.104. The zero-order chi connectivity index (χ0) is 25.8. The monoisotopic (exact) mass is 525 g/mol. The van der Waals surface area contributed by atoms with Crippen molar-refractivity contribution >= 4 is 29.4 Å². The Hall–Kier alpha value is -4.05. The van der Waals surface area contributed by atoms with Crippen LogP contribution in [0.15, 0.2) is 81.9 Å². The predicted molar refractivity (Wildman–Crippen MR) is 143 cm³/mol. The minimum Gasteiger partial charge on any atom is -0.289 e. The summed E-state index contributed by atoms with van der Waals surface area (Å²) in [6, 6.07) is 18.8. The second kappa shape index (κ2) is 9.05. The molecule has 2 unspecified atom stereocenters. The summed E-state index contributed by atoms with van der Waals surface area (Å²) in [6.07, 6.45) is 4.93. The van der Waals surface area contributed by atoms with Crippen LogP contribution in [0.1, 0.15) is 35.2 Å². The third-order valence-electron chi connectivity index (χ3n) is 7.34. The Morgan fingerprint density at radius 2 is 1.92 bits per heavy atom. The van der Waals surface area contributed by atoms with Gasteiger partial charge in [0.05, 0.1) is 24.3 Å². The Kier molecular flexibility index (Phi) is 5.50. The molecule has 0 radical (unpaired) electrons. The number of anilines is 1. The van der Waals surface area contributed by atoms with Gasteiger partial charge in [-0.05, 0) is 60.9 Å². The summed E-state index contributed by atoms with van der Waals surface area (Å²) in [7, 11) is 1.80. The van der Waals surface area contributed by atoms with Crippen molar-refractivity contribution in [3.63, 3.8) is 0 Å². The second-order valence-corrected chi connectivity index (χ2v) is 10.7. The van der Waals surface area contributed by atoms with Crippen LogP contribution in [0, 0.1) is 5.95 Å². The Morgan fingerprint density at radius 1 is 1.05 bits per heavy atom. The number of carbonyl (C=O) groups is 1. The topological polar surface area (TPSA) is 79.5 Å². The third-order valence-corrected chi connectivity index (χ3v) is 8.40. The zero-order valence-corrected chi connectivity index (χ0v) is 21.5. The van der Waals surface area contributed by atoms with Crippen molar-refractivity contribution in [2.75, 3.05) is 11.9 Å². The van der Waals surface area contributed by atoms with Crippen LogP contribution in [0.4, 0.5) is 10.2 Å². The molecule has 190 valence electrons. The lowest BCUT2D eigenvalue weighted by molar-refractivity contribution is 0.0861. The van der Waals surface area contributed by atoms with Crippen molar-refractivity contribution in [3.05, 3.63) is 83.9 Å². The Morgan fingerprint density at radius 3 is 2.71 bits per heavy atom. The molecule has 2 aliphatic heterocycles. The molecule has 4 aromatic rings. The summed E-state index contributed by atoms with van der Waals surface area (Å²) in [5, 5.41) is 6.57. The maximum atomic E-state index is 13.7. The first-order valence-electron chi connectivity index (χ1n) is 12.6. The van der Waals surface area contributed by atoms with Crippen LogP contribution < -0.4 is 4.90 Å². The van der Waals surface area contributed by atoms with Crippen LogP contribution in [-0.2, 0) is 6.54 Å². The first kappa shape index (κ1) is 23.1. The maximum Gasteiger partial charge on any atom is 0.266 e. The predicted octanol–water partition coefficient (Wildman–Crippen LogP) is 4.86. The fourth-order valence-electron chi connectivity index (χ4n) is 5.52. The number of nitrogens with zero attached hydrogens (tertiary/aromatic N) is 7. The molecule has 8 nitrogen and oxygen atoms in total. The van der Waals surface area contributed by atoms with Crippen LogP contribution in [-0.4, -0.2) is 55.6 Å². The average Bonchev–Trinajstić information content (AvgIpc) is 3.62. The standard InChI is InChI=1S/C28H24FN7OS/c1-34-26(37)24-25(36-21-8-4-7-20(21)32-28(34)36)33-35(27(24)38-23-10-2-3-15-30-23)16-17-11-13-18(14-12-17)19-6-5-9-22(29)31-19/h2-3,5-6,9-15,20-21H,4,7-8,16H2,1H3. The molecule has 1 fully saturated rings. The molecule has 1 aliphatic carbocycles. The highest BCUT2D eigenvalue weighted by Gasteiger charge is 2.49. The van der Waals surface area contributed by atoms with Gasteiger partial charge in [0.2, 0.25) is 11.9 Å². The number of hydrogen-bond donors (Lipinski definition) is 0. The van der Waals surface area contributed by atoms with Gasteiger partial charge in [-0.1, -0.05) is 36.4 Å². The van der Waals surface area contributed by atoms with E-state index in [4.69, 9.17) is 10.1 Å². The van der Waals surface area contributed by atoms with Crippen LogP contribution in [0.5, 0.6) is 0 Å². The van der Waals surface area contributed by atoms with Gasteiger partial charge in [-0.3, -0.25) is 19.3 Å². The second-order valence-electron chi connectivity index (χ2n) is 9.70. The molecular formula is C28H24FN7OS. The SMILES string of the molecule is CN1C(=O)c2c(nn(Cc3ccc(-c4cccc(F)n4)cc3)c2Sc2ccccn2)N2C1=NC1CCCC12. The molecular weight excluding hydrogens is 501 g/mol. The van der Waals surface area contributed by atoms with Crippen LogP contribution >= 0.6 is 11.8 Å². The number of guanidine groups is 1. The van der Waals surface area contributed by atoms with E-state index >= 15 is 0 Å². The smallest absolute Gasteiger partial charge is 0.266 e. The van der Waals surface area contributed by atoms with Gasteiger partial charge < -0.3 is 0 Å². The maximum absolute atomic E-state index is 13.7. The van der Waals surface area contributed by atoms with E-state index in [0.29, 0.717) is 29.6 Å². The van der Waals surface area contributed by atoms with E-state index < -0.39 is 5.95 Å². The van der Waals surface area contributed by atoms with Crippen molar-refractivity contribution in [2.24, 2.45) is 4.99 Å². The number of fused-ring (bicyclic) bond motifs is 5. The van der Waals surface area contributed by atoms with Crippen molar-refractivity contribution in [2.45, 2.75) is 47.9 Å². The lowest BCUT2D eigenvalue weighted by Crippen LogP contribution is -2.51. The van der Waals surface area contributed by atoms with Crippen LogP contribution in [0.2, 0.25) is 0 Å². The summed E-state index contributed by atoms with van der Waals surface area (Å²) in [4.78, 5) is 30.9. The van der Waals surface area contributed by atoms with E-state index in [1.54, 1.807) is 30.3 Å². The van der Waals surface area contributed by atoms with Crippen LogP contribution in [0.25, 0.3) is 11.3 Å². The van der Waals surface area contributed by atoms with Gasteiger partial charge in [-0.2, -0.15) is 9.49 Å². The fraction of sp³-hybridized carbons (Fsp3) is 0.250. The molecule has 3 aliphatic rings. The largest absolute Gasteiger partial charge is 0.289 e. The summed E-state index contributed by atoms with van der Waals surface area (Å²) in [6.45, 7) is 0.463. The molecule has 0 bridgehead atoms. The van der Waals surface area contributed by atoms with E-state index in [-0.39, 0.29) is 18.0 Å². The highest BCUT2D eigenvalue weighted by molar-refractivity contribution is 7.99. The molecule has 38 heavy (non-hydrogen) atoms. The van der Waals surface area contributed by atoms with Crippen molar-refractivity contribution < 1.29 is 9.18 Å². The number of pyridine rings is 2. The molecule has 0 spiro atoms. The van der Waals surface area contributed by atoms with Crippen molar-refractivity contribution in [3.8, 4) is 11.3 Å². The van der Waals surface area contributed by atoms with E-state index in [0.717, 1.165) is 40.4 Å². The Labute approximate surface area is 223 Å². The highest BCUT2D eigenvalue weighted by atomic mass is 32.2. The van der Waals surface area contributed by atoms with E-state index in [9.17, 15) is 9.18 Å². The molecule has 1 saturated carbocycles. The summed E-state index contributed by atoms with van der Waals surface area (Å²) in [5.41, 5.74) is 3.01. The first-order valence-corrected chi connectivity index (χ1v) is 13.4. The number of rotatable bonds is 5. The molecule has 1 aromatic carbocycles. The van der Waals surface area contributed by atoms with Crippen molar-refractivity contribution in [1.82, 2.24) is 24.6 Å². The molecule has 0 saturated heterocycles. The normalized spacial score (nSPS) is 19.8. The van der Waals surface area contributed by atoms with Gasteiger partial charge in [-0.25, -0.2) is 15.0 Å². The van der Waals surface area contributed by atoms with Gasteiger partial charge in [0.15, 0.2) is 5.82 Å². The fourth-order valence-corrected chi connectivity index (χ4v) is 6.47. The minimum atomic E-state index is -0.506. The highest BCUT2D eigenvalue weighted by Crippen LogP contribution is 2.44. The van der Waals surface area contributed by atoms with E-state index in [2.05, 4.69) is 14.9 Å². The summed E-state index contributed by atoms with van der Waals surface area (Å²) >= 11 is 1.45. The van der Waals surface area contributed by atoms with Gasteiger partial charge >= 0.3 is 0 Å². The van der Waals surface area contributed by atoms with Gasteiger partial charge in [0.25, 0.3) is 5.91 Å². The Bertz CT molecular complexity index is 1570. The van der Waals surface area contributed by atoms with Crippen LogP contribution in [0.3, 0.4) is 0 Å². The lowest BCUT2D eigenvalue weighted by Gasteiger charge is -2.34. The molecule has 7 rings (SSSR count). The van der Waals surface area contributed by atoms with E-state index in [1.807, 2.05) is 47.1 Å². The van der Waals surface area contributed by atoms with Gasteiger partial charge in [-0.15, -0.1) is 0 Å². The molecule has 0 N–H and O–H groups in total.